The Hall–Kier alpha value is -1.85. The van der Waals surface area contributed by atoms with E-state index in [9.17, 15) is 0 Å². The van der Waals surface area contributed by atoms with Crippen LogP contribution in [0.4, 0.5) is 5.82 Å². The van der Waals surface area contributed by atoms with Crippen molar-refractivity contribution in [3.63, 3.8) is 0 Å². The molecule has 5 heteroatoms. The third kappa shape index (κ3) is 3.47. The van der Waals surface area contributed by atoms with Crippen molar-refractivity contribution in [2.75, 3.05) is 44.2 Å². The lowest BCUT2D eigenvalue weighted by molar-refractivity contribution is 0.231. The maximum atomic E-state index is 5.00. The zero-order valence-electron chi connectivity index (χ0n) is 14.3. The summed E-state index contributed by atoms with van der Waals surface area (Å²) in [7, 11) is 0. The second kappa shape index (κ2) is 7.36. The van der Waals surface area contributed by atoms with E-state index in [0.29, 0.717) is 0 Å². The molecule has 3 heterocycles. The molecule has 1 aromatic heterocycles. The number of nitrogens with zero attached hydrogens (tertiary/aromatic N) is 3. The van der Waals surface area contributed by atoms with Crippen LogP contribution in [0.3, 0.4) is 0 Å². The summed E-state index contributed by atoms with van der Waals surface area (Å²) in [4.78, 5) is 13.6. The summed E-state index contributed by atoms with van der Waals surface area (Å²) in [6, 6.07) is 10.5. The van der Waals surface area contributed by atoms with Crippen LogP contribution in [-0.4, -0.2) is 54.1 Å². The lowest BCUT2D eigenvalue weighted by Crippen LogP contribution is -2.43. The van der Waals surface area contributed by atoms with Gasteiger partial charge in [0.05, 0.1) is 5.69 Å². The highest BCUT2D eigenvalue weighted by Gasteiger charge is 2.21. The first kappa shape index (κ1) is 15.7. The van der Waals surface area contributed by atoms with Gasteiger partial charge in [0, 0.05) is 51.4 Å². The maximum Gasteiger partial charge on any atom is 0.151 e. The van der Waals surface area contributed by atoms with Gasteiger partial charge in [-0.05, 0) is 19.3 Å². The number of H-pyrrole nitrogens is 1. The maximum absolute atomic E-state index is 5.00. The summed E-state index contributed by atoms with van der Waals surface area (Å²) >= 11 is 0. The summed E-state index contributed by atoms with van der Waals surface area (Å²) in [6.07, 6.45) is 3.90. The molecule has 0 radical (unpaired) electrons. The van der Waals surface area contributed by atoms with Crippen molar-refractivity contribution in [3.05, 3.63) is 36.0 Å². The van der Waals surface area contributed by atoms with Crippen LogP contribution in [0, 0.1) is 0 Å². The first-order valence-corrected chi connectivity index (χ1v) is 9.22. The molecule has 1 aromatic carbocycles. The van der Waals surface area contributed by atoms with E-state index >= 15 is 0 Å². The predicted octanol–water partition coefficient (Wildman–Crippen LogP) is 2.47. The highest BCUT2D eigenvalue weighted by Crippen LogP contribution is 2.27. The Labute approximate surface area is 144 Å². The predicted molar refractivity (Wildman–Crippen MR) is 98.2 cm³/mol. The van der Waals surface area contributed by atoms with Crippen molar-refractivity contribution in [2.45, 2.75) is 25.8 Å². The summed E-state index contributed by atoms with van der Waals surface area (Å²) in [5.41, 5.74) is 2.44. The number of benzene rings is 1. The van der Waals surface area contributed by atoms with Gasteiger partial charge in [-0.15, -0.1) is 0 Å². The number of piperidine rings is 1. The minimum absolute atomic E-state index is 0.966. The molecule has 2 saturated heterocycles. The molecule has 0 spiro atoms. The molecule has 24 heavy (non-hydrogen) atoms. The number of aromatic nitrogens is 2. The molecule has 0 bridgehead atoms. The number of hydrogen-bond acceptors (Lipinski definition) is 4. The lowest BCUT2D eigenvalue weighted by atomic mass is 10.1. The molecule has 0 aliphatic carbocycles. The monoisotopic (exact) mass is 325 g/mol. The normalized spacial score (nSPS) is 19.6. The van der Waals surface area contributed by atoms with Gasteiger partial charge in [0.1, 0.15) is 5.82 Å². The second-order valence-corrected chi connectivity index (χ2v) is 6.83. The molecule has 2 fully saturated rings. The number of anilines is 1. The van der Waals surface area contributed by atoms with E-state index in [1.54, 1.807) is 0 Å². The summed E-state index contributed by atoms with van der Waals surface area (Å²) in [6.45, 7) is 7.62. The van der Waals surface area contributed by atoms with Gasteiger partial charge >= 0.3 is 0 Å². The third-order valence-corrected chi connectivity index (χ3v) is 5.05. The average Bonchev–Trinajstić information content (AvgIpc) is 3.08. The number of hydrogen-bond donors (Lipinski definition) is 2. The molecule has 2 N–H and O–H groups in total. The molecule has 4 rings (SSSR count). The first-order chi connectivity index (χ1) is 11.9. The highest BCUT2D eigenvalue weighted by molar-refractivity contribution is 5.60. The van der Waals surface area contributed by atoms with Crippen LogP contribution in [-0.2, 0) is 6.54 Å². The van der Waals surface area contributed by atoms with Gasteiger partial charge in [0.15, 0.2) is 5.82 Å². The Morgan fingerprint density at radius 1 is 0.917 bits per heavy atom. The first-order valence-electron chi connectivity index (χ1n) is 9.22. The van der Waals surface area contributed by atoms with Crippen molar-refractivity contribution < 1.29 is 0 Å². The Morgan fingerprint density at radius 2 is 1.67 bits per heavy atom. The van der Waals surface area contributed by atoms with Crippen molar-refractivity contribution in [1.82, 2.24) is 20.2 Å². The SMILES string of the molecule is c1ccc(-c2nc(N3CCCCC3)c(CN3CCNCC3)[nH]2)cc1. The van der Waals surface area contributed by atoms with Crippen LogP contribution >= 0.6 is 0 Å². The molecular formula is C19H27N5. The lowest BCUT2D eigenvalue weighted by Gasteiger charge is -2.30. The van der Waals surface area contributed by atoms with E-state index in [2.05, 4.69) is 50.4 Å². The standard InChI is InChI=1S/C19H27N5/c1-3-7-16(8-4-1)18-21-17(15-23-13-9-20-10-14-23)19(22-18)24-11-5-2-6-12-24/h1,3-4,7-8,20H,2,5-6,9-15H2,(H,21,22). The van der Waals surface area contributed by atoms with Gasteiger partial charge in [0.25, 0.3) is 0 Å². The molecule has 0 unspecified atom stereocenters. The number of rotatable bonds is 4. The molecular weight excluding hydrogens is 298 g/mol. The van der Waals surface area contributed by atoms with E-state index in [1.807, 2.05) is 0 Å². The third-order valence-electron chi connectivity index (χ3n) is 5.05. The second-order valence-electron chi connectivity index (χ2n) is 6.83. The molecule has 128 valence electrons. The van der Waals surface area contributed by atoms with E-state index in [4.69, 9.17) is 4.98 Å². The molecule has 5 nitrogen and oxygen atoms in total. The van der Waals surface area contributed by atoms with Crippen LogP contribution in [0.5, 0.6) is 0 Å². The van der Waals surface area contributed by atoms with Crippen molar-refractivity contribution in [1.29, 1.82) is 0 Å². The van der Waals surface area contributed by atoms with Crippen molar-refractivity contribution >= 4 is 5.82 Å². The Bertz CT molecular complexity index is 639. The molecule has 0 amide bonds. The van der Waals surface area contributed by atoms with Gasteiger partial charge in [-0.2, -0.15) is 0 Å². The van der Waals surface area contributed by atoms with E-state index < -0.39 is 0 Å². The van der Waals surface area contributed by atoms with Crippen LogP contribution in [0.15, 0.2) is 30.3 Å². The zero-order valence-corrected chi connectivity index (χ0v) is 14.3. The van der Waals surface area contributed by atoms with Gasteiger partial charge < -0.3 is 15.2 Å². The fourth-order valence-electron chi connectivity index (χ4n) is 3.70. The molecule has 2 aromatic rings. The summed E-state index contributed by atoms with van der Waals surface area (Å²) in [5.74, 6) is 2.17. The molecule has 2 aliphatic rings. The fourth-order valence-corrected chi connectivity index (χ4v) is 3.70. The van der Waals surface area contributed by atoms with Gasteiger partial charge in [-0.3, -0.25) is 4.90 Å². The number of aromatic amines is 1. The largest absolute Gasteiger partial charge is 0.355 e. The van der Waals surface area contributed by atoms with E-state index in [1.165, 1.54) is 36.3 Å². The topological polar surface area (TPSA) is 47.2 Å². The zero-order chi connectivity index (χ0) is 16.2. The van der Waals surface area contributed by atoms with Crippen molar-refractivity contribution in [2.24, 2.45) is 0 Å². The van der Waals surface area contributed by atoms with Crippen LogP contribution < -0.4 is 10.2 Å². The number of nitrogens with one attached hydrogen (secondary N) is 2. The van der Waals surface area contributed by atoms with Crippen LogP contribution in [0.1, 0.15) is 25.0 Å². The number of piperazine rings is 1. The van der Waals surface area contributed by atoms with Crippen LogP contribution in [0.25, 0.3) is 11.4 Å². The van der Waals surface area contributed by atoms with Crippen LogP contribution in [0.2, 0.25) is 0 Å². The molecule has 0 saturated carbocycles. The Morgan fingerprint density at radius 3 is 2.42 bits per heavy atom. The van der Waals surface area contributed by atoms with Crippen molar-refractivity contribution in [3.8, 4) is 11.4 Å². The van der Waals surface area contributed by atoms with E-state index in [-0.39, 0.29) is 0 Å². The Balaban J connectivity index is 1.62. The smallest absolute Gasteiger partial charge is 0.151 e. The summed E-state index contributed by atoms with van der Waals surface area (Å²) < 4.78 is 0. The highest BCUT2D eigenvalue weighted by atomic mass is 15.2. The fraction of sp³-hybridized carbons (Fsp3) is 0.526. The minimum atomic E-state index is 0.966. The average molecular weight is 325 g/mol. The quantitative estimate of drug-likeness (QED) is 0.907. The van der Waals surface area contributed by atoms with Gasteiger partial charge in [0.2, 0.25) is 0 Å². The molecule has 0 atom stereocenters. The number of imidazole rings is 1. The van der Waals surface area contributed by atoms with E-state index in [0.717, 1.165) is 51.6 Å². The molecule has 2 aliphatic heterocycles. The van der Waals surface area contributed by atoms with Gasteiger partial charge in [-0.1, -0.05) is 30.3 Å². The summed E-state index contributed by atoms with van der Waals surface area (Å²) in [5, 5.41) is 3.43. The Kier molecular flexibility index (Phi) is 4.81. The minimum Gasteiger partial charge on any atom is -0.355 e. The van der Waals surface area contributed by atoms with Gasteiger partial charge in [-0.25, -0.2) is 4.98 Å².